The third-order valence-electron chi connectivity index (χ3n) is 4.10. The maximum Gasteiger partial charge on any atom is 0.338 e. The molecule has 1 aromatic carbocycles. The van der Waals surface area contributed by atoms with Crippen molar-refractivity contribution < 1.29 is 9.53 Å². The van der Waals surface area contributed by atoms with Crippen LogP contribution in [0.15, 0.2) is 41.8 Å². The lowest BCUT2D eigenvalue weighted by molar-refractivity contribution is 0.0263. The van der Waals surface area contributed by atoms with Gasteiger partial charge in [-0.05, 0) is 29.1 Å². The smallest absolute Gasteiger partial charge is 0.338 e. The summed E-state index contributed by atoms with van der Waals surface area (Å²) < 4.78 is 5.76. The minimum Gasteiger partial charge on any atom is -0.453 e. The lowest BCUT2D eigenvalue weighted by Crippen LogP contribution is -2.28. The summed E-state index contributed by atoms with van der Waals surface area (Å²) in [7, 11) is 0. The molecular formula is C20H17NO2S. The van der Waals surface area contributed by atoms with Crippen molar-refractivity contribution in [3.05, 3.63) is 57.8 Å². The van der Waals surface area contributed by atoms with E-state index in [0.717, 1.165) is 10.4 Å². The molecule has 1 aromatic heterocycles. The average molecular weight is 335 g/mol. The molecular weight excluding hydrogens is 318 g/mol. The van der Waals surface area contributed by atoms with Crippen LogP contribution in [0.25, 0.3) is 0 Å². The standard InChI is InChI=1S/C20H17NO2S/c1-3-11-21(12-4-2)17-14-18(19-16(17)10-13-24-19)23-20(22)15-8-6-5-7-9-15/h1-2,5-10,13,17-18H,11-12,14H2/t17-,18-/m0/s1. The monoisotopic (exact) mass is 335 g/mol. The summed E-state index contributed by atoms with van der Waals surface area (Å²) in [5, 5.41) is 2.02. The highest BCUT2D eigenvalue weighted by Crippen LogP contribution is 2.47. The normalized spacial score (nSPS) is 18.6. The van der Waals surface area contributed by atoms with Crippen molar-refractivity contribution in [3.63, 3.8) is 0 Å². The molecule has 2 aromatic rings. The fraction of sp³-hybridized carbons (Fsp3) is 0.250. The molecule has 0 amide bonds. The second kappa shape index (κ2) is 7.36. The quantitative estimate of drug-likeness (QED) is 0.617. The molecule has 1 aliphatic carbocycles. The Labute approximate surface area is 146 Å². The Morgan fingerprint density at radius 1 is 1.21 bits per heavy atom. The molecule has 0 aliphatic heterocycles. The second-order valence-corrected chi connectivity index (χ2v) is 6.51. The van der Waals surface area contributed by atoms with Crippen LogP contribution in [0.4, 0.5) is 0 Å². The number of thiophene rings is 1. The number of ether oxygens (including phenoxy) is 1. The molecule has 0 unspecified atom stereocenters. The summed E-state index contributed by atoms with van der Waals surface area (Å²) in [6.07, 6.45) is 11.4. The van der Waals surface area contributed by atoms with Gasteiger partial charge in [-0.25, -0.2) is 4.79 Å². The van der Waals surface area contributed by atoms with Gasteiger partial charge in [-0.3, -0.25) is 4.90 Å². The largest absolute Gasteiger partial charge is 0.453 e. The zero-order valence-corrected chi connectivity index (χ0v) is 14.0. The first-order chi connectivity index (χ1) is 11.7. The summed E-state index contributed by atoms with van der Waals surface area (Å²) in [6.45, 7) is 0.951. The summed E-state index contributed by atoms with van der Waals surface area (Å²) in [6, 6.07) is 11.2. The van der Waals surface area contributed by atoms with Crippen LogP contribution in [0, 0.1) is 24.7 Å². The zero-order valence-electron chi connectivity index (χ0n) is 13.1. The topological polar surface area (TPSA) is 29.5 Å². The Bertz CT molecular complexity index is 781. The number of terminal acetylenes is 2. The second-order valence-electron chi connectivity index (χ2n) is 5.56. The number of carbonyl (C=O) groups is 1. The maximum atomic E-state index is 12.4. The van der Waals surface area contributed by atoms with Crippen LogP contribution >= 0.6 is 11.3 Å². The van der Waals surface area contributed by atoms with Gasteiger partial charge in [-0.15, -0.1) is 24.2 Å². The van der Waals surface area contributed by atoms with Crippen LogP contribution in [-0.2, 0) is 4.74 Å². The van der Waals surface area contributed by atoms with Gasteiger partial charge < -0.3 is 4.74 Å². The molecule has 0 radical (unpaired) electrons. The van der Waals surface area contributed by atoms with Crippen molar-refractivity contribution in [1.29, 1.82) is 0 Å². The molecule has 24 heavy (non-hydrogen) atoms. The molecule has 120 valence electrons. The van der Waals surface area contributed by atoms with Crippen LogP contribution < -0.4 is 0 Å². The van der Waals surface area contributed by atoms with E-state index in [1.807, 2.05) is 23.6 Å². The van der Waals surface area contributed by atoms with Crippen LogP contribution in [0.3, 0.4) is 0 Å². The van der Waals surface area contributed by atoms with E-state index < -0.39 is 0 Å². The Hall–Kier alpha value is -2.53. The molecule has 0 fully saturated rings. The van der Waals surface area contributed by atoms with Gasteiger partial charge in [-0.2, -0.15) is 0 Å². The summed E-state index contributed by atoms with van der Waals surface area (Å²) in [5.41, 5.74) is 1.72. The summed E-state index contributed by atoms with van der Waals surface area (Å²) in [4.78, 5) is 15.5. The van der Waals surface area contributed by atoms with Crippen LogP contribution in [0.2, 0.25) is 0 Å². The molecule has 3 rings (SSSR count). The average Bonchev–Trinajstić information content (AvgIpc) is 3.19. The number of hydrogen-bond donors (Lipinski definition) is 0. The number of fused-ring (bicyclic) bond motifs is 1. The maximum absolute atomic E-state index is 12.4. The van der Waals surface area contributed by atoms with E-state index >= 15 is 0 Å². The van der Waals surface area contributed by atoms with Crippen molar-refractivity contribution in [2.45, 2.75) is 18.6 Å². The Morgan fingerprint density at radius 2 is 1.92 bits per heavy atom. The fourth-order valence-corrected chi connectivity index (χ4v) is 4.03. The number of hydrogen-bond acceptors (Lipinski definition) is 4. The van der Waals surface area contributed by atoms with Crippen molar-refractivity contribution in [3.8, 4) is 24.7 Å². The molecule has 2 atom stereocenters. The third-order valence-corrected chi connectivity index (χ3v) is 5.13. The van der Waals surface area contributed by atoms with Crippen LogP contribution in [0.5, 0.6) is 0 Å². The first-order valence-electron chi connectivity index (χ1n) is 7.69. The van der Waals surface area contributed by atoms with E-state index in [-0.39, 0.29) is 18.1 Å². The van der Waals surface area contributed by atoms with Gasteiger partial charge in [0, 0.05) is 17.3 Å². The summed E-state index contributed by atoms with van der Waals surface area (Å²) in [5.74, 6) is 5.02. The van der Waals surface area contributed by atoms with Crippen molar-refractivity contribution in [1.82, 2.24) is 4.90 Å². The highest BCUT2D eigenvalue weighted by atomic mass is 32.1. The van der Waals surface area contributed by atoms with Crippen molar-refractivity contribution in [2.24, 2.45) is 0 Å². The molecule has 0 bridgehead atoms. The first kappa shape index (κ1) is 16.3. The predicted molar refractivity (Wildman–Crippen MR) is 95.5 cm³/mol. The molecule has 4 heteroatoms. The van der Waals surface area contributed by atoms with Gasteiger partial charge in [0.1, 0.15) is 6.10 Å². The van der Waals surface area contributed by atoms with E-state index in [1.54, 1.807) is 23.5 Å². The fourth-order valence-electron chi connectivity index (χ4n) is 3.03. The van der Waals surface area contributed by atoms with Crippen molar-refractivity contribution in [2.75, 3.05) is 13.1 Å². The molecule has 0 saturated heterocycles. The lowest BCUT2D eigenvalue weighted by atomic mass is 10.1. The van der Waals surface area contributed by atoms with E-state index in [2.05, 4.69) is 22.8 Å². The van der Waals surface area contributed by atoms with Gasteiger partial charge in [-0.1, -0.05) is 30.0 Å². The number of rotatable bonds is 5. The highest BCUT2D eigenvalue weighted by Gasteiger charge is 2.37. The zero-order chi connectivity index (χ0) is 16.9. The van der Waals surface area contributed by atoms with E-state index in [0.29, 0.717) is 25.1 Å². The van der Waals surface area contributed by atoms with Gasteiger partial charge in [0.15, 0.2) is 0 Å². The molecule has 1 heterocycles. The molecule has 1 aliphatic rings. The summed E-state index contributed by atoms with van der Waals surface area (Å²) >= 11 is 1.61. The SMILES string of the molecule is C#CCN(CC#C)[C@H]1C[C@H](OC(=O)c2ccccc2)c2sccc21. The van der Waals surface area contributed by atoms with E-state index in [1.165, 1.54) is 0 Å². The number of esters is 1. The van der Waals surface area contributed by atoms with Crippen LogP contribution in [0.1, 0.15) is 39.4 Å². The first-order valence-corrected chi connectivity index (χ1v) is 8.57. The lowest BCUT2D eigenvalue weighted by Gasteiger charge is -2.25. The van der Waals surface area contributed by atoms with E-state index in [4.69, 9.17) is 17.6 Å². The van der Waals surface area contributed by atoms with Crippen LogP contribution in [-0.4, -0.2) is 24.0 Å². The Kier molecular flexibility index (Phi) is 5.01. The van der Waals surface area contributed by atoms with Gasteiger partial charge in [0.05, 0.1) is 18.7 Å². The molecule has 0 N–H and O–H groups in total. The Morgan fingerprint density at radius 3 is 2.58 bits per heavy atom. The van der Waals surface area contributed by atoms with Crippen molar-refractivity contribution >= 4 is 17.3 Å². The molecule has 3 nitrogen and oxygen atoms in total. The third kappa shape index (κ3) is 3.21. The number of nitrogens with zero attached hydrogens (tertiary/aromatic N) is 1. The molecule has 0 spiro atoms. The van der Waals surface area contributed by atoms with Gasteiger partial charge >= 0.3 is 5.97 Å². The number of benzene rings is 1. The predicted octanol–water partition coefficient (Wildman–Crippen LogP) is 3.66. The highest BCUT2D eigenvalue weighted by molar-refractivity contribution is 7.10. The van der Waals surface area contributed by atoms with E-state index in [9.17, 15) is 4.79 Å². The number of carbonyl (C=O) groups excluding carboxylic acids is 1. The minimum absolute atomic E-state index is 0.0897. The molecule has 0 saturated carbocycles. The minimum atomic E-state index is -0.305. The van der Waals surface area contributed by atoms with Gasteiger partial charge in [0.2, 0.25) is 0 Å². The Balaban J connectivity index is 1.79. The van der Waals surface area contributed by atoms with Gasteiger partial charge in [0.25, 0.3) is 0 Å².